The lowest BCUT2D eigenvalue weighted by atomic mass is 9.41. The van der Waals surface area contributed by atoms with Crippen LogP contribution in [0.15, 0.2) is 0 Å². The van der Waals surface area contributed by atoms with Crippen molar-refractivity contribution in [1.29, 1.82) is 0 Å². The zero-order chi connectivity index (χ0) is 21.6. The van der Waals surface area contributed by atoms with Gasteiger partial charge in [-0.1, -0.05) is 46.0 Å². The quantitative estimate of drug-likeness (QED) is 0.440. The summed E-state index contributed by atoms with van der Waals surface area (Å²) in [6.45, 7) is 4.72. The summed E-state index contributed by atoms with van der Waals surface area (Å²) in [5, 5.41) is 0. The number of Topliss-reactive ketones (excluding diaryl/α,β-unsaturated/α-hetero) is 1. The summed E-state index contributed by atoms with van der Waals surface area (Å²) in [7, 11) is 0. The summed E-state index contributed by atoms with van der Waals surface area (Å²) in [6.07, 6.45) is 19.5. The van der Waals surface area contributed by atoms with Crippen LogP contribution in [-0.4, -0.2) is 12.0 Å². The van der Waals surface area contributed by atoms with E-state index < -0.39 is 17.0 Å². The minimum atomic E-state index is -0.836. The van der Waals surface area contributed by atoms with Gasteiger partial charge >= 0.3 is 0 Å². The number of hydrogen-bond acceptors (Lipinski definition) is 1. The lowest BCUT2D eigenvalue weighted by molar-refractivity contribution is -0.194. The van der Waals surface area contributed by atoms with Crippen LogP contribution < -0.4 is 0 Å². The molecule has 1 unspecified atom stereocenters. The standard InChI is InChI=1S/C29H47FO/c1-3-21-6-10-23(11-7-21)25-14-18-29(19-15-25)26(30)28(27(29)31)16-12-24(13-17-28)22-8-4-20(2)5-9-22/h20-26H,3-19H2,1-2H3. The fourth-order valence-electron chi connectivity index (χ4n) is 9.22. The topological polar surface area (TPSA) is 17.1 Å². The molecular formula is C29H47FO. The molecule has 2 spiro atoms. The van der Waals surface area contributed by atoms with E-state index in [9.17, 15) is 4.79 Å². The second-order valence-electron chi connectivity index (χ2n) is 12.9. The third-order valence-corrected chi connectivity index (χ3v) is 11.6. The van der Waals surface area contributed by atoms with Crippen LogP contribution in [0, 0.1) is 46.3 Å². The number of alkyl halides is 1. The molecule has 0 aromatic heterocycles. The highest BCUT2D eigenvalue weighted by atomic mass is 19.1. The molecule has 0 bridgehead atoms. The van der Waals surface area contributed by atoms with Gasteiger partial charge in [0, 0.05) is 0 Å². The SMILES string of the molecule is CCC1CCC(C2CCC3(CC2)C(=O)C2(CCC(C4CCC(C)CC4)CC2)C3F)CC1. The molecule has 0 aromatic carbocycles. The van der Waals surface area contributed by atoms with E-state index in [1.54, 1.807) is 0 Å². The van der Waals surface area contributed by atoms with Crippen LogP contribution in [0.1, 0.15) is 123 Å². The van der Waals surface area contributed by atoms with Gasteiger partial charge < -0.3 is 0 Å². The Morgan fingerprint density at radius 1 is 0.677 bits per heavy atom. The molecule has 5 aliphatic carbocycles. The normalized spacial score (nSPS) is 51.1. The van der Waals surface area contributed by atoms with Gasteiger partial charge in [0.25, 0.3) is 0 Å². The van der Waals surface area contributed by atoms with E-state index >= 15 is 4.39 Å². The van der Waals surface area contributed by atoms with Gasteiger partial charge in [0.1, 0.15) is 6.17 Å². The summed E-state index contributed by atoms with van der Waals surface area (Å²) in [5.41, 5.74) is -1.13. The van der Waals surface area contributed by atoms with Crippen molar-refractivity contribution in [2.45, 2.75) is 129 Å². The van der Waals surface area contributed by atoms with Crippen LogP contribution in [0.3, 0.4) is 0 Å². The van der Waals surface area contributed by atoms with Gasteiger partial charge in [0.2, 0.25) is 0 Å². The summed E-state index contributed by atoms with van der Waals surface area (Å²) in [5.74, 6) is 5.46. The molecule has 1 nitrogen and oxygen atoms in total. The molecule has 2 heteroatoms. The van der Waals surface area contributed by atoms with Crippen molar-refractivity contribution < 1.29 is 9.18 Å². The third-order valence-electron chi connectivity index (χ3n) is 11.6. The molecule has 0 aliphatic heterocycles. The smallest absolute Gasteiger partial charge is 0.151 e. The number of hydrogen-bond donors (Lipinski definition) is 0. The average Bonchev–Trinajstić information content (AvgIpc) is 2.84. The van der Waals surface area contributed by atoms with Gasteiger partial charge in [0.15, 0.2) is 5.78 Å². The van der Waals surface area contributed by atoms with E-state index in [0.29, 0.717) is 5.78 Å². The van der Waals surface area contributed by atoms with Crippen LogP contribution in [0.4, 0.5) is 4.39 Å². The Morgan fingerprint density at radius 2 is 1.06 bits per heavy atom. The Morgan fingerprint density at radius 3 is 1.45 bits per heavy atom. The maximum absolute atomic E-state index is 15.9. The molecule has 5 saturated carbocycles. The molecule has 5 rings (SSSR count). The number of ketones is 1. The Hall–Kier alpha value is -0.400. The van der Waals surface area contributed by atoms with E-state index in [1.807, 2.05) is 0 Å². The molecule has 0 radical (unpaired) electrons. The minimum Gasteiger partial charge on any atom is -0.298 e. The van der Waals surface area contributed by atoms with E-state index in [-0.39, 0.29) is 0 Å². The number of carbonyl (C=O) groups excluding carboxylic acids is 1. The lowest BCUT2D eigenvalue weighted by Gasteiger charge is -2.62. The maximum atomic E-state index is 15.9. The Labute approximate surface area is 190 Å². The maximum Gasteiger partial charge on any atom is 0.151 e. The average molecular weight is 431 g/mol. The van der Waals surface area contributed by atoms with Crippen LogP contribution >= 0.6 is 0 Å². The van der Waals surface area contributed by atoms with Gasteiger partial charge in [0.05, 0.1) is 10.8 Å². The summed E-state index contributed by atoms with van der Waals surface area (Å²) in [6, 6.07) is 0. The van der Waals surface area contributed by atoms with E-state index in [1.165, 1.54) is 57.8 Å². The van der Waals surface area contributed by atoms with Gasteiger partial charge in [-0.25, -0.2) is 4.39 Å². The first-order valence-corrected chi connectivity index (χ1v) is 14.2. The number of halogens is 1. The molecule has 1 atom stereocenters. The monoisotopic (exact) mass is 430 g/mol. The predicted molar refractivity (Wildman–Crippen MR) is 126 cm³/mol. The second kappa shape index (κ2) is 8.75. The van der Waals surface area contributed by atoms with Gasteiger partial charge in [-0.2, -0.15) is 0 Å². The molecule has 5 fully saturated rings. The van der Waals surface area contributed by atoms with E-state index in [4.69, 9.17) is 0 Å². The van der Waals surface area contributed by atoms with Crippen LogP contribution in [-0.2, 0) is 4.79 Å². The Kier molecular flexibility index (Phi) is 6.32. The second-order valence-corrected chi connectivity index (χ2v) is 12.9. The molecule has 0 aromatic rings. The molecule has 0 heterocycles. The van der Waals surface area contributed by atoms with Gasteiger partial charge in [-0.05, 0) is 113 Å². The minimum absolute atomic E-state index is 0.372. The van der Waals surface area contributed by atoms with Crippen molar-refractivity contribution in [3.05, 3.63) is 0 Å². The molecule has 0 amide bonds. The first-order valence-electron chi connectivity index (χ1n) is 14.2. The van der Waals surface area contributed by atoms with Crippen LogP contribution in [0.25, 0.3) is 0 Å². The highest BCUT2D eigenvalue weighted by molar-refractivity contribution is 5.98. The first-order chi connectivity index (χ1) is 15.0. The van der Waals surface area contributed by atoms with Crippen molar-refractivity contribution >= 4 is 5.78 Å². The predicted octanol–water partition coefficient (Wildman–Crippen LogP) is 8.30. The Balaban J connectivity index is 1.14. The van der Waals surface area contributed by atoms with Gasteiger partial charge in [-0.3, -0.25) is 4.79 Å². The number of carbonyl (C=O) groups is 1. The van der Waals surface area contributed by atoms with E-state index in [2.05, 4.69) is 13.8 Å². The molecular weight excluding hydrogens is 383 g/mol. The molecule has 0 saturated heterocycles. The third kappa shape index (κ3) is 3.74. The fraction of sp³-hybridized carbons (Fsp3) is 0.966. The van der Waals surface area contributed by atoms with Gasteiger partial charge in [-0.15, -0.1) is 0 Å². The summed E-state index contributed by atoms with van der Waals surface area (Å²) >= 11 is 0. The highest BCUT2D eigenvalue weighted by Gasteiger charge is 2.71. The molecule has 5 aliphatic rings. The fourth-order valence-corrected chi connectivity index (χ4v) is 9.22. The van der Waals surface area contributed by atoms with Crippen LogP contribution in [0.2, 0.25) is 0 Å². The van der Waals surface area contributed by atoms with Crippen molar-refractivity contribution in [3.8, 4) is 0 Å². The van der Waals surface area contributed by atoms with E-state index in [0.717, 1.165) is 86.9 Å². The zero-order valence-electron chi connectivity index (χ0n) is 20.3. The highest BCUT2D eigenvalue weighted by Crippen LogP contribution is 2.66. The molecule has 176 valence electrons. The number of rotatable bonds is 3. The largest absolute Gasteiger partial charge is 0.298 e. The van der Waals surface area contributed by atoms with Crippen molar-refractivity contribution in [3.63, 3.8) is 0 Å². The van der Waals surface area contributed by atoms with Crippen molar-refractivity contribution in [1.82, 2.24) is 0 Å². The van der Waals surface area contributed by atoms with Crippen LogP contribution in [0.5, 0.6) is 0 Å². The van der Waals surface area contributed by atoms with Crippen molar-refractivity contribution in [2.75, 3.05) is 0 Å². The molecule has 0 N–H and O–H groups in total. The summed E-state index contributed by atoms with van der Waals surface area (Å²) < 4.78 is 15.9. The lowest BCUT2D eigenvalue weighted by Crippen LogP contribution is -2.69. The van der Waals surface area contributed by atoms with Crippen molar-refractivity contribution in [2.24, 2.45) is 46.3 Å². The Bertz CT molecular complexity index is 623. The first kappa shape index (κ1) is 22.4. The zero-order valence-corrected chi connectivity index (χ0v) is 20.3. The summed E-state index contributed by atoms with van der Waals surface area (Å²) in [4.78, 5) is 13.6. The molecule has 31 heavy (non-hydrogen) atoms.